The first-order valence-electron chi connectivity index (χ1n) is 7.02. The summed E-state index contributed by atoms with van der Waals surface area (Å²) in [5, 5.41) is 0. The van der Waals surface area contributed by atoms with E-state index < -0.39 is 5.82 Å². The second-order valence-corrected chi connectivity index (χ2v) is 5.36. The van der Waals surface area contributed by atoms with E-state index >= 15 is 0 Å². The number of carbonyl (C=O) groups is 1. The molecule has 4 nitrogen and oxygen atoms in total. The van der Waals surface area contributed by atoms with Gasteiger partial charge in [0.15, 0.2) is 11.6 Å². The van der Waals surface area contributed by atoms with Crippen molar-refractivity contribution in [2.45, 2.75) is 33.8 Å². The second kappa shape index (κ2) is 7.86. The van der Waals surface area contributed by atoms with Crippen molar-refractivity contribution in [1.82, 2.24) is 0 Å². The summed E-state index contributed by atoms with van der Waals surface area (Å²) < 4.78 is 28.9. The van der Waals surface area contributed by atoms with Gasteiger partial charge in [-0.2, -0.15) is 0 Å². The van der Waals surface area contributed by atoms with Gasteiger partial charge in [-0.25, -0.2) is 4.39 Å². The molecule has 1 rings (SSSR count). The fourth-order valence-corrected chi connectivity index (χ4v) is 1.67. The molecule has 0 N–H and O–H groups in total. The van der Waals surface area contributed by atoms with E-state index in [4.69, 9.17) is 14.2 Å². The third-order valence-corrected chi connectivity index (χ3v) is 3.21. The highest BCUT2D eigenvalue weighted by molar-refractivity contribution is 5.72. The molecule has 1 aromatic rings. The van der Waals surface area contributed by atoms with Crippen LogP contribution in [0, 0.1) is 17.7 Å². The Labute approximate surface area is 125 Å². The lowest BCUT2D eigenvalue weighted by Gasteiger charge is -2.20. The fraction of sp³-hybridized carbons (Fsp3) is 0.562. The number of rotatable bonds is 7. The Kier molecular flexibility index (Phi) is 6.46. The number of ether oxygens (including phenoxy) is 3. The SMILES string of the molecule is COc1cc(OCC(C)C(C)C(=O)OC(C)C)ccc1F. The highest BCUT2D eigenvalue weighted by Gasteiger charge is 2.23. The highest BCUT2D eigenvalue weighted by atomic mass is 19.1. The maximum absolute atomic E-state index is 13.3. The summed E-state index contributed by atoms with van der Waals surface area (Å²) in [5.74, 6) is -0.330. The molecule has 0 radical (unpaired) electrons. The Morgan fingerprint density at radius 3 is 2.48 bits per heavy atom. The molecule has 0 bridgehead atoms. The quantitative estimate of drug-likeness (QED) is 0.723. The van der Waals surface area contributed by atoms with E-state index in [2.05, 4.69) is 0 Å². The summed E-state index contributed by atoms with van der Waals surface area (Å²) in [6, 6.07) is 4.30. The van der Waals surface area contributed by atoms with Gasteiger partial charge in [-0.1, -0.05) is 13.8 Å². The molecule has 2 unspecified atom stereocenters. The van der Waals surface area contributed by atoms with E-state index in [9.17, 15) is 9.18 Å². The number of hydrogen-bond acceptors (Lipinski definition) is 4. The second-order valence-electron chi connectivity index (χ2n) is 5.36. The molecule has 118 valence electrons. The molecule has 0 saturated heterocycles. The van der Waals surface area contributed by atoms with Gasteiger partial charge in [0.25, 0.3) is 0 Å². The van der Waals surface area contributed by atoms with Crippen molar-refractivity contribution >= 4 is 5.97 Å². The smallest absolute Gasteiger partial charge is 0.309 e. The molecule has 0 amide bonds. The van der Waals surface area contributed by atoms with Gasteiger partial charge in [-0.3, -0.25) is 4.79 Å². The lowest BCUT2D eigenvalue weighted by molar-refractivity contribution is -0.153. The van der Waals surface area contributed by atoms with E-state index in [1.165, 1.54) is 25.3 Å². The third-order valence-electron chi connectivity index (χ3n) is 3.21. The van der Waals surface area contributed by atoms with Crippen LogP contribution in [-0.2, 0) is 9.53 Å². The van der Waals surface area contributed by atoms with Crippen LogP contribution in [0.15, 0.2) is 18.2 Å². The summed E-state index contributed by atoms with van der Waals surface area (Å²) in [7, 11) is 1.40. The number of halogens is 1. The summed E-state index contributed by atoms with van der Waals surface area (Å²) >= 11 is 0. The maximum Gasteiger partial charge on any atom is 0.309 e. The Hall–Kier alpha value is -1.78. The van der Waals surface area contributed by atoms with Crippen LogP contribution in [0.5, 0.6) is 11.5 Å². The predicted molar refractivity (Wildman–Crippen MR) is 78.0 cm³/mol. The van der Waals surface area contributed by atoms with E-state index in [1.807, 2.05) is 27.7 Å². The van der Waals surface area contributed by atoms with Gasteiger partial charge < -0.3 is 14.2 Å². The molecular formula is C16H23FO4. The van der Waals surface area contributed by atoms with Crippen LogP contribution in [-0.4, -0.2) is 25.8 Å². The first-order chi connectivity index (χ1) is 9.85. The Bertz CT molecular complexity index is 473. The van der Waals surface area contributed by atoms with Gasteiger partial charge in [-0.15, -0.1) is 0 Å². The Morgan fingerprint density at radius 1 is 1.24 bits per heavy atom. The van der Waals surface area contributed by atoms with E-state index in [0.717, 1.165) is 0 Å². The van der Waals surface area contributed by atoms with E-state index in [0.29, 0.717) is 12.4 Å². The molecule has 0 aliphatic heterocycles. The zero-order valence-electron chi connectivity index (χ0n) is 13.2. The normalized spacial score (nSPS) is 13.7. The first-order valence-corrected chi connectivity index (χ1v) is 7.02. The largest absolute Gasteiger partial charge is 0.494 e. The lowest BCUT2D eigenvalue weighted by atomic mass is 9.97. The van der Waals surface area contributed by atoms with Gasteiger partial charge in [0.2, 0.25) is 0 Å². The Balaban J connectivity index is 2.56. The molecule has 0 aliphatic rings. The van der Waals surface area contributed by atoms with Crippen LogP contribution in [0.4, 0.5) is 4.39 Å². The van der Waals surface area contributed by atoms with Crippen molar-refractivity contribution in [2.24, 2.45) is 11.8 Å². The molecule has 2 atom stereocenters. The summed E-state index contributed by atoms with van der Waals surface area (Å²) in [6.45, 7) is 7.69. The van der Waals surface area contributed by atoms with Crippen molar-refractivity contribution in [3.8, 4) is 11.5 Å². The number of methoxy groups -OCH3 is 1. The van der Waals surface area contributed by atoms with E-state index in [-0.39, 0.29) is 29.7 Å². The van der Waals surface area contributed by atoms with Crippen molar-refractivity contribution in [3.63, 3.8) is 0 Å². The number of hydrogen-bond donors (Lipinski definition) is 0. The number of carbonyl (C=O) groups excluding carboxylic acids is 1. The average molecular weight is 298 g/mol. The molecular weight excluding hydrogens is 275 g/mol. The highest BCUT2D eigenvalue weighted by Crippen LogP contribution is 2.24. The monoisotopic (exact) mass is 298 g/mol. The van der Waals surface area contributed by atoms with Crippen LogP contribution < -0.4 is 9.47 Å². The number of benzene rings is 1. The standard InChI is InChI=1S/C16H23FO4/c1-10(2)21-16(18)12(4)11(3)9-20-13-6-7-14(17)15(8-13)19-5/h6-8,10-12H,9H2,1-5H3. The van der Waals surface area contributed by atoms with Crippen LogP contribution in [0.1, 0.15) is 27.7 Å². The summed E-state index contributed by atoms with van der Waals surface area (Å²) in [4.78, 5) is 11.8. The average Bonchev–Trinajstić information content (AvgIpc) is 2.44. The van der Waals surface area contributed by atoms with Crippen LogP contribution >= 0.6 is 0 Å². The molecule has 0 spiro atoms. The van der Waals surface area contributed by atoms with Gasteiger partial charge >= 0.3 is 5.97 Å². The fourth-order valence-electron chi connectivity index (χ4n) is 1.67. The topological polar surface area (TPSA) is 44.8 Å². The predicted octanol–water partition coefficient (Wildman–Crippen LogP) is 3.44. The van der Waals surface area contributed by atoms with Gasteiger partial charge in [0, 0.05) is 12.0 Å². The van der Waals surface area contributed by atoms with Crippen molar-refractivity contribution in [2.75, 3.05) is 13.7 Å². The molecule has 21 heavy (non-hydrogen) atoms. The molecule has 0 aromatic heterocycles. The van der Waals surface area contributed by atoms with Crippen molar-refractivity contribution in [1.29, 1.82) is 0 Å². The van der Waals surface area contributed by atoms with Gasteiger partial charge in [-0.05, 0) is 26.0 Å². The van der Waals surface area contributed by atoms with Gasteiger partial charge in [0.05, 0.1) is 25.7 Å². The van der Waals surface area contributed by atoms with E-state index in [1.54, 1.807) is 0 Å². The maximum atomic E-state index is 13.3. The lowest BCUT2D eigenvalue weighted by Crippen LogP contribution is -2.27. The van der Waals surface area contributed by atoms with Crippen molar-refractivity contribution in [3.05, 3.63) is 24.0 Å². The minimum Gasteiger partial charge on any atom is -0.494 e. The van der Waals surface area contributed by atoms with Crippen LogP contribution in [0.3, 0.4) is 0 Å². The zero-order valence-corrected chi connectivity index (χ0v) is 13.2. The molecule has 0 heterocycles. The number of esters is 1. The zero-order chi connectivity index (χ0) is 16.0. The first kappa shape index (κ1) is 17.3. The van der Waals surface area contributed by atoms with Crippen LogP contribution in [0.2, 0.25) is 0 Å². The third kappa shape index (κ3) is 5.25. The van der Waals surface area contributed by atoms with Crippen molar-refractivity contribution < 1.29 is 23.4 Å². The molecule has 1 aromatic carbocycles. The molecule has 0 saturated carbocycles. The Morgan fingerprint density at radius 2 is 1.90 bits per heavy atom. The molecule has 0 fully saturated rings. The molecule has 5 heteroatoms. The summed E-state index contributed by atoms with van der Waals surface area (Å²) in [5.41, 5.74) is 0. The minimum atomic E-state index is -0.438. The molecule has 0 aliphatic carbocycles. The van der Waals surface area contributed by atoms with Gasteiger partial charge in [0.1, 0.15) is 5.75 Å². The summed E-state index contributed by atoms with van der Waals surface area (Å²) in [6.07, 6.45) is -0.130. The van der Waals surface area contributed by atoms with Crippen LogP contribution in [0.25, 0.3) is 0 Å². The minimum absolute atomic E-state index is 0.0210.